The first kappa shape index (κ1) is 32.2. The summed E-state index contributed by atoms with van der Waals surface area (Å²) in [6.45, 7) is 4.78. The highest BCUT2D eigenvalue weighted by molar-refractivity contribution is 8.18. The molecule has 0 spiro atoms. The van der Waals surface area contributed by atoms with Gasteiger partial charge in [-0.2, -0.15) is 0 Å². The molecule has 2 atom stereocenters. The van der Waals surface area contributed by atoms with E-state index in [9.17, 15) is 9.59 Å². The van der Waals surface area contributed by atoms with Gasteiger partial charge < -0.3 is 21.7 Å². The lowest BCUT2D eigenvalue weighted by Gasteiger charge is -2.32. The van der Waals surface area contributed by atoms with Crippen molar-refractivity contribution in [3.8, 4) is 11.8 Å². The van der Waals surface area contributed by atoms with E-state index >= 15 is 0 Å². The Morgan fingerprint density at radius 3 is 2.89 bits per heavy atom. The minimum atomic E-state index is -0.694. The van der Waals surface area contributed by atoms with Gasteiger partial charge in [-0.1, -0.05) is 53.4 Å². The number of benzene rings is 1. The maximum absolute atomic E-state index is 12.8. The van der Waals surface area contributed by atoms with Crippen molar-refractivity contribution in [3.05, 3.63) is 99.0 Å². The van der Waals surface area contributed by atoms with Gasteiger partial charge in [-0.15, -0.1) is 11.8 Å². The van der Waals surface area contributed by atoms with Crippen LogP contribution in [0.5, 0.6) is 0 Å². The highest BCUT2D eigenvalue weighted by Crippen LogP contribution is 2.33. The van der Waals surface area contributed by atoms with Crippen LogP contribution in [0.4, 0.5) is 0 Å². The third kappa shape index (κ3) is 9.40. The van der Waals surface area contributed by atoms with Crippen molar-refractivity contribution in [2.24, 2.45) is 5.73 Å². The second kappa shape index (κ2) is 15.7. The monoisotopic (exact) mass is 648 g/mol. The summed E-state index contributed by atoms with van der Waals surface area (Å²) >= 11 is 9.48. The van der Waals surface area contributed by atoms with Gasteiger partial charge in [0.15, 0.2) is 0 Å². The molecule has 2 aromatic rings. The molecule has 5 rings (SSSR count). The molecule has 1 unspecified atom stereocenters. The Bertz CT molecular complexity index is 1510. The van der Waals surface area contributed by atoms with E-state index in [1.165, 1.54) is 5.56 Å². The molecule has 2 amide bonds. The summed E-state index contributed by atoms with van der Waals surface area (Å²) in [5.74, 6) is 6.29. The quantitative estimate of drug-likeness (QED) is 0.268. The summed E-state index contributed by atoms with van der Waals surface area (Å²) in [6, 6.07) is 9.49. The number of aryl methyl sites for hydroxylation is 1. The highest BCUT2D eigenvalue weighted by Gasteiger charge is 2.24. The van der Waals surface area contributed by atoms with Gasteiger partial charge in [0.05, 0.1) is 17.5 Å². The number of hydrogen-bond donors (Lipinski definition) is 4. The summed E-state index contributed by atoms with van der Waals surface area (Å²) in [7, 11) is 0. The number of nitrogens with two attached hydrogens (primary N) is 1. The Morgan fingerprint density at radius 1 is 1.27 bits per heavy atom. The Morgan fingerprint density at radius 2 is 2.11 bits per heavy atom. The molecule has 11 heteroatoms. The molecule has 230 valence electrons. The smallest absolute Gasteiger partial charge is 0.241 e. The SMILES string of the molecule is Cc1ccc(CN2CCC(NC(=O)CSC3NC(C4=CC#CCC(NC(=O)[C@@H](N)Cc5cccnc5)=C4)=CS3)CC2)cc1Cl. The van der Waals surface area contributed by atoms with E-state index in [1.54, 1.807) is 35.9 Å². The van der Waals surface area contributed by atoms with Crippen LogP contribution in [-0.4, -0.2) is 57.3 Å². The first-order chi connectivity index (χ1) is 21.3. The molecule has 0 saturated carbocycles. The van der Waals surface area contributed by atoms with Crippen LogP contribution < -0.4 is 21.7 Å². The van der Waals surface area contributed by atoms with Gasteiger partial charge in [0.1, 0.15) is 4.71 Å². The van der Waals surface area contributed by atoms with Crippen LogP contribution in [0.1, 0.15) is 36.0 Å². The van der Waals surface area contributed by atoms with Crippen molar-refractivity contribution >= 4 is 46.9 Å². The number of nitrogens with one attached hydrogen (secondary N) is 3. The molecule has 1 saturated heterocycles. The summed E-state index contributed by atoms with van der Waals surface area (Å²) in [5.41, 5.74) is 11.9. The van der Waals surface area contributed by atoms with Gasteiger partial charge in [-0.3, -0.25) is 19.5 Å². The Hall–Kier alpha value is -3.20. The van der Waals surface area contributed by atoms with Gasteiger partial charge in [0.2, 0.25) is 11.8 Å². The standard InChI is InChI=1S/C33H37ClN6O2S2/c1-22-8-9-24(15-28(22)34)19-40-13-10-26(11-14-40)37-31(41)21-44-33-39-30(20-43-33)25-6-2-3-7-27(17-25)38-32(42)29(35)16-23-5-4-12-36-18-23/h4-6,8-9,12,15,17-18,20,26,29,33,39H,7,10-11,13-14,16,19,21,35H2,1H3,(H,37,41)(H,38,42)/t29-,33?/m0/s1. The van der Waals surface area contributed by atoms with E-state index in [1.807, 2.05) is 42.7 Å². The number of pyridine rings is 1. The molecule has 1 aromatic heterocycles. The number of carbonyl (C=O) groups excluding carboxylic acids is 2. The van der Waals surface area contributed by atoms with E-state index < -0.39 is 6.04 Å². The van der Waals surface area contributed by atoms with Crippen molar-refractivity contribution in [2.75, 3.05) is 18.8 Å². The zero-order valence-electron chi connectivity index (χ0n) is 24.6. The third-order valence-electron chi connectivity index (χ3n) is 7.59. The van der Waals surface area contributed by atoms with Crippen LogP contribution in [0.15, 0.2) is 77.3 Å². The van der Waals surface area contributed by atoms with Crippen LogP contribution >= 0.6 is 35.1 Å². The number of carbonyl (C=O) groups is 2. The number of amides is 2. The number of allylic oxidation sites excluding steroid dienone is 3. The van der Waals surface area contributed by atoms with Crippen molar-refractivity contribution in [1.29, 1.82) is 0 Å². The van der Waals surface area contributed by atoms with Gasteiger partial charge in [-0.05, 0) is 72.6 Å². The van der Waals surface area contributed by atoms with Crippen LogP contribution in [0.2, 0.25) is 5.02 Å². The van der Waals surface area contributed by atoms with Crippen molar-refractivity contribution in [3.63, 3.8) is 0 Å². The number of likely N-dealkylation sites (tertiary alicyclic amines) is 1. The minimum absolute atomic E-state index is 0.00962. The van der Waals surface area contributed by atoms with Gasteiger partial charge in [0, 0.05) is 60.8 Å². The molecule has 1 fully saturated rings. The van der Waals surface area contributed by atoms with E-state index in [-0.39, 0.29) is 22.6 Å². The zero-order valence-corrected chi connectivity index (χ0v) is 27.0. The largest absolute Gasteiger partial charge is 0.364 e. The predicted molar refractivity (Wildman–Crippen MR) is 180 cm³/mol. The van der Waals surface area contributed by atoms with Crippen molar-refractivity contribution in [1.82, 2.24) is 25.8 Å². The second-order valence-electron chi connectivity index (χ2n) is 11.1. The lowest BCUT2D eigenvalue weighted by Crippen LogP contribution is -2.45. The van der Waals surface area contributed by atoms with Crippen LogP contribution in [0.25, 0.3) is 0 Å². The van der Waals surface area contributed by atoms with E-state index in [0.717, 1.165) is 59.9 Å². The van der Waals surface area contributed by atoms with E-state index in [4.69, 9.17) is 17.3 Å². The molecule has 1 aliphatic carbocycles. The normalized spacial score (nSPS) is 19.3. The molecule has 0 bridgehead atoms. The fourth-order valence-corrected chi connectivity index (χ4v) is 7.26. The predicted octanol–water partition coefficient (Wildman–Crippen LogP) is 4.22. The fourth-order valence-electron chi connectivity index (χ4n) is 5.11. The molecule has 0 radical (unpaired) electrons. The lowest BCUT2D eigenvalue weighted by molar-refractivity contribution is -0.121. The summed E-state index contributed by atoms with van der Waals surface area (Å²) in [5, 5.41) is 12.5. The molecular formula is C33H37ClN6O2S2. The van der Waals surface area contributed by atoms with Crippen molar-refractivity contribution < 1.29 is 9.59 Å². The van der Waals surface area contributed by atoms with Gasteiger partial charge in [0.25, 0.3) is 0 Å². The van der Waals surface area contributed by atoms with E-state index in [0.29, 0.717) is 24.3 Å². The molecule has 2 aliphatic heterocycles. The summed E-state index contributed by atoms with van der Waals surface area (Å²) in [4.78, 5) is 32.0. The van der Waals surface area contributed by atoms with Crippen LogP contribution in [-0.2, 0) is 22.6 Å². The number of halogens is 1. The second-order valence-corrected chi connectivity index (χ2v) is 13.9. The number of piperidine rings is 1. The Balaban J connectivity index is 1.02. The maximum atomic E-state index is 12.8. The number of hydrogen-bond acceptors (Lipinski definition) is 8. The number of thioether (sulfide) groups is 2. The van der Waals surface area contributed by atoms with Gasteiger partial charge in [-0.25, -0.2) is 0 Å². The molecule has 5 N–H and O–H groups in total. The molecular weight excluding hydrogens is 612 g/mol. The summed E-state index contributed by atoms with van der Waals surface area (Å²) in [6.07, 6.45) is 9.86. The molecule has 3 heterocycles. The first-order valence-electron chi connectivity index (χ1n) is 14.7. The lowest BCUT2D eigenvalue weighted by atomic mass is 10.0. The average Bonchev–Trinajstić information content (AvgIpc) is 3.38. The van der Waals surface area contributed by atoms with Crippen LogP contribution in [0.3, 0.4) is 0 Å². The van der Waals surface area contributed by atoms with E-state index in [2.05, 4.69) is 49.8 Å². The number of aromatic nitrogens is 1. The number of nitrogens with zero attached hydrogens (tertiary/aromatic N) is 2. The van der Waals surface area contributed by atoms with Crippen LogP contribution in [0, 0.1) is 18.8 Å². The maximum Gasteiger partial charge on any atom is 0.241 e. The molecule has 1 aromatic carbocycles. The average molecular weight is 649 g/mol. The molecule has 44 heavy (non-hydrogen) atoms. The fraction of sp³-hybridized carbons (Fsp3) is 0.364. The van der Waals surface area contributed by atoms with Crippen molar-refractivity contribution in [2.45, 2.75) is 55.9 Å². The zero-order chi connectivity index (χ0) is 30.9. The number of rotatable bonds is 11. The highest BCUT2D eigenvalue weighted by atomic mass is 35.5. The minimum Gasteiger partial charge on any atom is -0.364 e. The van der Waals surface area contributed by atoms with Gasteiger partial charge >= 0.3 is 0 Å². The topological polar surface area (TPSA) is 112 Å². The summed E-state index contributed by atoms with van der Waals surface area (Å²) < 4.78 is 0.00962. The Labute approximate surface area is 272 Å². The molecule has 3 aliphatic rings. The Kier molecular flexibility index (Phi) is 11.5. The molecule has 8 nitrogen and oxygen atoms in total. The third-order valence-corrected chi connectivity index (χ3v) is 10.3. The first-order valence-corrected chi connectivity index (χ1v) is 17.0.